The fraction of sp³-hybridized carbons (Fsp3) is 0. The molecule has 9 nitrogen and oxygen atoms in total. The van der Waals surface area contributed by atoms with Crippen molar-refractivity contribution in [1.82, 2.24) is 0 Å². The third kappa shape index (κ3) is 2.09. The largest absolute Gasteiger partial charge is 0.345 e. The van der Waals surface area contributed by atoms with Crippen LogP contribution in [-0.4, -0.2) is 18.3 Å². The zero-order valence-electron chi connectivity index (χ0n) is 11.0. The Hall–Kier alpha value is -3.08. The molecule has 0 fully saturated rings. The Labute approximate surface area is 127 Å². The van der Waals surface area contributed by atoms with Crippen molar-refractivity contribution in [2.24, 2.45) is 0 Å². The number of benzene rings is 2. The zero-order chi connectivity index (χ0) is 16.9. The molecule has 0 aromatic heterocycles. The van der Waals surface area contributed by atoms with Crippen molar-refractivity contribution in [1.29, 1.82) is 0 Å². The average molecular weight is 339 g/mol. The average Bonchev–Trinajstić information content (AvgIpc) is 2.47. The maximum atomic E-state index is 13.8. The maximum Gasteiger partial charge on any atom is 0.300 e. The topological polar surface area (TPSA) is 132 Å². The molecular formula is C12H6FN3O6S. The Kier molecular flexibility index (Phi) is 3.04. The Bertz CT molecular complexity index is 989. The number of anilines is 2. The number of nitrogens with zero attached hydrogens (tertiary/aromatic N) is 2. The second kappa shape index (κ2) is 4.71. The first-order valence-electron chi connectivity index (χ1n) is 6.01. The van der Waals surface area contributed by atoms with E-state index in [2.05, 4.69) is 5.32 Å². The minimum absolute atomic E-state index is 0.433. The van der Waals surface area contributed by atoms with E-state index >= 15 is 0 Å². The molecule has 23 heavy (non-hydrogen) atoms. The Balaban J connectivity index is 2.42. The summed E-state index contributed by atoms with van der Waals surface area (Å²) in [7, 11) is -4.35. The van der Waals surface area contributed by atoms with E-state index in [1.807, 2.05) is 0 Å². The lowest BCUT2D eigenvalue weighted by Gasteiger charge is -2.21. The van der Waals surface area contributed by atoms with Gasteiger partial charge in [-0.25, -0.2) is 12.8 Å². The molecule has 0 unspecified atom stereocenters. The van der Waals surface area contributed by atoms with Gasteiger partial charge in [0.2, 0.25) is 9.84 Å². The quantitative estimate of drug-likeness (QED) is 0.560. The van der Waals surface area contributed by atoms with Crippen molar-refractivity contribution in [3.63, 3.8) is 0 Å². The molecule has 0 radical (unpaired) electrons. The van der Waals surface area contributed by atoms with Crippen LogP contribution >= 0.6 is 0 Å². The number of nitro benzene ring substituents is 2. The summed E-state index contributed by atoms with van der Waals surface area (Å²) in [5.74, 6) is -0.913. The molecule has 11 heteroatoms. The first-order chi connectivity index (χ1) is 10.7. The standard InChI is InChI=1S/C12H6FN3O6S/c13-7-2-1-3-9-11(7)14-12-8(16(19)20)4-6(15(17)18)5-10(12)23(9,21)22/h1-5,14H. The van der Waals surface area contributed by atoms with Gasteiger partial charge in [-0.05, 0) is 12.1 Å². The smallest absolute Gasteiger partial charge is 0.300 e. The summed E-state index contributed by atoms with van der Waals surface area (Å²) in [5.41, 5.74) is -2.51. The summed E-state index contributed by atoms with van der Waals surface area (Å²) in [6.45, 7) is 0. The summed E-state index contributed by atoms with van der Waals surface area (Å²) < 4.78 is 38.9. The van der Waals surface area contributed by atoms with Crippen LogP contribution in [0, 0.1) is 26.0 Å². The fourth-order valence-electron chi connectivity index (χ4n) is 2.27. The van der Waals surface area contributed by atoms with Gasteiger partial charge in [0.05, 0.1) is 26.5 Å². The van der Waals surface area contributed by atoms with E-state index in [-0.39, 0.29) is 0 Å². The molecule has 2 aromatic rings. The van der Waals surface area contributed by atoms with Gasteiger partial charge in [-0.15, -0.1) is 0 Å². The Morgan fingerprint density at radius 1 is 1.00 bits per heavy atom. The predicted molar refractivity (Wildman–Crippen MR) is 74.9 cm³/mol. The third-order valence-electron chi connectivity index (χ3n) is 3.28. The number of hydrogen-bond acceptors (Lipinski definition) is 7. The van der Waals surface area contributed by atoms with Crippen LogP contribution in [0.3, 0.4) is 0 Å². The molecular weight excluding hydrogens is 333 g/mol. The molecule has 0 aliphatic carbocycles. The van der Waals surface area contributed by atoms with Crippen LogP contribution in [0.1, 0.15) is 0 Å². The summed E-state index contributed by atoms with van der Waals surface area (Å²) >= 11 is 0. The van der Waals surface area contributed by atoms with Crippen molar-refractivity contribution >= 4 is 32.6 Å². The highest BCUT2D eigenvalue weighted by Crippen LogP contribution is 2.46. The van der Waals surface area contributed by atoms with Crippen LogP contribution < -0.4 is 5.32 Å². The highest BCUT2D eigenvalue weighted by atomic mass is 32.2. The van der Waals surface area contributed by atoms with Crippen LogP contribution in [0.5, 0.6) is 0 Å². The number of rotatable bonds is 2. The molecule has 1 aliphatic rings. The van der Waals surface area contributed by atoms with Gasteiger partial charge in [-0.2, -0.15) is 0 Å². The van der Waals surface area contributed by atoms with E-state index in [0.717, 1.165) is 18.2 Å². The molecule has 1 heterocycles. The number of non-ortho nitro benzene ring substituents is 1. The highest BCUT2D eigenvalue weighted by molar-refractivity contribution is 7.92. The van der Waals surface area contributed by atoms with Crippen LogP contribution in [0.2, 0.25) is 0 Å². The van der Waals surface area contributed by atoms with E-state index in [4.69, 9.17) is 0 Å². The molecule has 0 atom stereocenters. The molecule has 0 saturated carbocycles. The summed E-state index contributed by atoms with van der Waals surface area (Å²) in [5, 5.41) is 24.4. The number of halogens is 1. The third-order valence-corrected chi connectivity index (χ3v) is 5.10. The van der Waals surface area contributed by atoms with Crippen molar-refractivity contribution in [2.45, 2.75) is 9.79 Å². The van der Waals surface area contributed by atoms with Gasteiger partial charge >= 0.3 is 5.69 Å². The minimum Gasteiger partial charge on any atom is -0.345 e. The molecule has 1 N–H and O–H groups in total. The lowest BCUT2D eigenvalue weighted by molar-refractivity contribution is -0.393. The number of sulfone groups is 1. The van der Waals surface area contributed by atoms with E-state index in [1.165, 1.54) is 0 Å². The molecule has 0 spiro atoms. The number of nitro groups is 2. The monoisotopic (exact) mass is 339 g/mol. The maximum absolute atomic E-state index is 13.8. The number of nitrogens with one attached hydrogen (secondary N) is 1. The second-order valence-electron chi connectivity index (χ2n) is 4.59. The first-order valence-corrected chi connectivity index (χ1v) is 7.49. The summed E-state index contributed by atoms with van der Waals surface area (Å²) in [6.07, 6.45) is 0. The lowest BCUT2D eigenvalue weighted by atomic mass is 10.2. The normalized spacial score (nSPS) is 14.3. The summed E-state index contributed by atoms with van der Waals surface area (Å²) in [4.78, 5) is 19.0. The second-order valence-corrected chi connectivity index (χ2v) is 6.48. The molecule has 3 rings (SSSR count). The molecule has 118 valence electrons. The van der Waals surface area contributed by atoms with Crippen molar-refractivity contribution in [2.75, 3.05) is 5.32 Å². The summed E-state index contributed by atoms with van der Waals surface area (Å²) in [6, 6.07) is 4.58. The van der Waals surface area contributed by atoms with Gasteiger partial charge in [0, 0.05) is 6.07 Å². The van der Waals surface area contributed by atoms with Gasteiger partial charge in [0.15, 0.2) is 0 Å². The van der Waals surface area contributed by atoms with Crippen LogP contribution in [0.15, 0.2) is 40.1 Å². The minimum atomic E-state index is -4.35. The molecule has 0 amide bonds. The SMILES string of the molecule is O=[N+]([O-])c1cc([N+](=O)[O-])c2c(c1)S(=O)(=O)c1cccc(F)c1N2. The van der Waals surface area contributed by atoms with E-state index in [0.29, 0.717) is 12.1 Å². The van der Waals surface area contributed by atoms with E-state index in [1.54, 1.807) is 0 Å². The lowest BCUT2D eigenvalue weighted by Crippen LogP contribution is -2.16. The van der Waals surface area contributed by atoms with Crippen molar-refractivity contribution < 1.29 is 22.7 Å². The molecule has 0 bridgehead atoms. The predicted octanol–water partition coefficient (Wildman–Crippen LogP) is 2.53. The molecule has 2 aromatic carbocycles. The van der Waals surface area contributed by atoms with E-state index < -0.39 is 58.0 Å². The zero-order valence-corrected chi connectivity index (χ0v) is 11.8. The highest BCUT2D eigenvalue weighted by Gasteiger charge is 2.38. The molecule has 0 saturated heterocycles. The van der Waals surface area contributed by atoms with Crippen LogP contribution in [0.4, 0.5) is 27.1 Å². The van der Waals surface area contributed by atoms with Crippen LogP contribution in [-0.2, 0) is 9.84 Å². The van der Waals surface area contributed by atoms with Gasteiger partial charge in [-0.3, -0.25) is 20.2 Å². The number of fused-ring (bicyclic) bond motifs is 2. The number of hydrogen-bond donors (Lipinski definition) is 1. The van der Waals surface area contributed by atoms with Gasteiger partial charge in [-0.1, -0.05) is 6.07 Å². The van der Waals surface area contributed by atoms with Gasteiger partial charge in [0.25, 0.3) is 5.69 Å². The fourth-order valence-corrected chi connectivity index (χ4v) is 3.88. The Morgan fingerprint density at radius 2 is 1.70 bits per heavy atom. The van der Waals surface area contributed by atoms with Crippen molar-refractivity contribution in [3.05, 3.63) is 56.4 Å². The van der Waals surface area contributed by atoms with Gasteiger partial charge in [0.1, 0.15) is 16.4 Å². The van der Waals surface area contributed by atoms with E-state index in [9.17, 15) is 33.0 Å². The Morgan fingerprint density at radius 3 is 2.30 bits per heavy atom. The van der Waals surface area contributed by atoms with Crippen molar-refractivity contribution in [3.8, 4) is 0 Å². The first kappa shape index (κ1) is 14.8. The van der Waals surface area contributed by atoms with Crippen LogP contribution in [0.25, 0.3) is 0 Å². The molecule has 1 aliphatic heterocycles. The van der Waals surface area contributed by atoms with Gasteiger partial charge < -0.3 is 5.32 Å². The number of para-hydroxylation sites is 1.